The van der Waals surface area contributed by atoms with Gasteiger partial charge in [0.25, 0.3) is 5.92 Å². The van der Waals surface area contributed by atoms with E-state index in [9.17, 15) is 19.2 Å². The van der Waals surface area contributed by atoms with Crippen molar-refractivity contribution in [3.05, 3.63) is 119 Å². The van der Waals surface area contributed by atoms with Gasteiger partial charge in [0, 0.05) is 23.2 Å². The van der Waals surface area contributed by atoms with Crippen molar-refractivity contribution in [2.75, 3.05) is 27.3 Å². The molecule has 1 unspecified atom stereocenters. The van der Waals surface area contributed by atoms with Crippen LogP contribution >= 0.6 is 0 Å². The number of hydrogen-bond acceptors (Lipinski definition) is 8. The number of alkyl carbamates (subject to hydrolysis) is 2. The van der Waals surface area contributed by atoms with Crippen molar-refractivity contribution in [3.63, 3.8) is 0 Å². The average molecular weight is 833 g/mol. The Balaban J connectivity index is 1.10. The number of nitrogens with one attached hydrogen (secondary N) is 5. The summed E-state index contributed by atoms with van der Waals surface area (Å²) in [7, 11) is 2.44. The summed E-state index contributed by atoms with van der Waals surface area (Å²) in [6.07, 6.45) is 0.741. The largest absolute Gasteiger partial charge is 0.453 e. The van der Waals surface area contributed by atoms with Crippen LogP contribution in [0.1, 0.15) is 67.6 Å². The van der Waals surface area contributed by atoms with Gasteiger partial charge in [0.15, 0.2) is 0 Å². The molecule has 1 aliphatic rings. The molecule has 7 rings (SSSR count). The lowest BCUT2D eigenvalue weighted by molar-refractivity contribution is -0.134. The van der Waals surface area contributed by atoms with Crippen LogP contribution in [-0.4, -0.2) is 76.1 Å². The van der Waals surface area contributed by atoms with Crippen molar-refractivity contribution in [1.82, 2.24) is 40.8 Å². The molecule has 2 atom stereocenters. The smallest absolute Gasteiger partial charge is 0.407 e. The maximum absolute atomic E-state index is 16.4. The van der Waals surface area contributed by atoms with Gasteiger partial charge < -0.3 is 40.3 Å². The molecule has 14 nitrogen and oxygen atoms in total. The first-order valence-corrected chi connectivity index (χ1v) is 19.8. The van der Waals surface area contributed by atoms with Gasteiger partial charge in [0.2, 0.25) is 11.8 Å². The van der Waals surface area contributed by atoms with E-state index in [-0.39, 0.29) is 36.0 Å². The van der Waals surface area contributed by atoms with Gasteiger partial charge in [-0.2, -0.15) is 8.78 Å². The number of aromatic nitrogens is 4. The fourth-order valence-electron chi connectivity index (χ4n) is 7.54. The lowest BCUT2D eigenvalue weighted by atomic mass is 9.98. The van der Waals surface area contributed by atoms with Gasteiger partial charge in [0.1, 0.15) is 24.2 Å². The minimum atomic E-state index is -3.30. The highest BCUT2D eigenvalue weighted by molar-refractivity contribution is 5.88. The van der Waals surface area contributed by atoms with E-state index in [2.05, 4.69) is 35.6 Å². The van der Waals surface area contributed by atoms with Crippen molar-refractivity contribution >= 4 is 35.0 Å². The van der Waals surface area contributed by atoms with Gasteiger partial charge in [-0.05, 0) is 64.4 Å². The molecule has 0 fully saturated rings. The van der Waals surface area contributed by atoms with Crippen LogP contribution < -0.4 is 16.0 Å². The molecular formula is C45H46F2N8O6. The Labute approximate surface area is 350 Å². The maximum Gasteiger partial charge on any atom is 0.407 e. The molecule has 0 aliphatic heterocycles. The second-order valence-corrected chi connectivity index (χ2v) is 15.1. The fourth-order valence-corrected chi connectivity index (χ4v) is 7.54. The van der Waals surface area contributed by atoms with Gasteiger partial charge in [-0.25, -0.2) is 19.6 Å². The summed E-state index contributed by atoms with van der Waals surface area (Å²) < 4.78 is 42.2. The molecule has 6 aromatic rings. The number of ether oxygens (including phenoxy) is 2. The third-order valence-corrected chi connectivity index (χ3v) is 10.6. The lowest BCUT2D eigenvalue weighted by Crippen LogP contribution is -2.43. The molecule has 61 heavy (non-hydrogen) atoms. The van der Waals surface area contributed by atoms with E-state index in [0.29, 0.717) is 74.7 Å². The van der Waals surface area contributed by atoms with Gasteiger partial charge in [-0.1, -0.05) is 81.4 Å². The number of imidazole rings is 2. The second kappa shape index (κ2) is 17.6. The molecule has 0 spiro atoms. The monoisotopic (exact) mass is 832 g/mol. The van der Waals surface area contributed by atoms with E-state index in [4.69, 9.17) is 9.72 Å². The van der Waals surface area contributed by atoms with E-state index >= 15 is 8.78 Å². The molecule has 16 heteroatoms. The average Bonchev–Trinajstić information content (AvgIpc) is 3.98. The first-order chi connectivity index (χ1) is 29.3. The summed E-state index contributed by atoms with van der Waals surface area (Å²) in [5.41, 5.74) is 4.82. The van der Waals surface area contributed by atoms with Gasteiger partial charge >= 0.3 is 12.2 Å². The molecular weight excluding hydrogens is 787 g/mol. The topological polar surface area (TPSA) is 183 Å². The molecule has 316 valence electrons. The Morgan fingerprint density at radius 2 is 1.48 bits per heavy atom. The number of H-pyrrole nitrogens is 2. The van der Waals surface area contributed by atoms with E-state index < -0.39 is 36.1 Å². The van der Waals surface area contributed by atoms with Crippen molar-refractivity contribution in [3.8, 4) is 33.5 Å². The van der Waals surface area contributed by atoms with Crippen LogP contribution in [0.2, 0.25) is 0 Å². The number of halogens is 2. The van der Waals surface area contributed by atoms with Crippen LogP contribution in [0.3, 0.4) is 0 Å². The Hall–Kier alpha value is -7.10. The van der Waals surface area contributed by atoms with E-state index in [0.717, 1.165) is 0 Å². The van der Waals surface area contributed by atoms with Crippen LogP contribution in [0.25, 0.3) is 44.5 Å². The highest BCUT2D eigenvalue weighted by Gasteiger charge is 2.45. The Morgan fingerprint density at radius 1 is 0.820 bits per heavy atom. The zero-order valence-electron chi connectivity index (χ0n) is 34.3. The normalized spacial score (nSPS) is 13.5. The number of benzene rings is 4. The number of amides is 4. The first-order valence-electron chi connectivity index (χ1n) is 19.8. The van der Waals surface area contributed by atoms with Gasteiger partial charge in [-0.15, -0.1) is 0 Å². The maximum atomic E-state index is 16.4. The predicted octanol–water partition coefficient (Wildman–Crippen LogP) is 7.75. The number of hydrogen-bond donors (Lipinski definition) is 5. The SMILES string of the molecule is CCCN(Cc1nc2ccc(-c3ccc4c(c3)C(F)(F)c3cc(-c5cnc(C(NC(=O)CNC(=O)OC)C(C)C)[nH]5)ccc3-4)cc2[nH]1)C(=O)[C@H](NC(=O)OC)c1ccccc1. The summed E-state index contributed by atoms with van der Waals surface area (Å²) in [5, 5.41) is 7.84. The Bertz CT molecular complexity index is 2590. The summed E-state index contributed by atoms with van der Waals surface area (Å²) in [6, 6.07) is 22.9. The molecule has 0 bridgehead atoms. The molecule has 2 aromatic heterocycles. The summed E-state index contributed by atoms with van der Waals surface area (Å²) >= 11 is 0. The molecule has 4 aromatic carbocycles. The van der Waals surface area contributed by atoms with Crippen molar-refractivity contribution in [2.24, 2.45) is 5.92 Å². The summed E-state index contributed by atoms with van der Waals surface area (Å²) in [5.74, 6) is -3.20. The van der Waals surface area contributed by atoms with Crippen molar-refractivity contribution in [2.45, 2.75) is 51.7 Å². The molecule has 0 saturated heterocycles. The van der Waals surface area contributed by atoms with Crippen LogP contribution in [0.5, 0.6) is 0 Å². The van der Waals surface area contributed by atoms with Crippen LogP contribution in [0, 0.1) is 5.92 Å². The molecule has 0 radical (unpaired) electrons. The summed E-state index contributed by atoms with van der Waals surface area (Å²) in [4.78, 5) is 67.4. The number of nitrogens with zero attached hydrogens (tertiary/aromatic N) is 3. The quantitative estimate of drug-likeness (QED) is 0.0738. The molecule has 1 aliphatic carbocycles. The number of aromatic amines is 2. The number of methoxy groups -OCH3 is 2. The van der Waals surface area contributed by atoms with Crippen molar-refractivity contribution in [1.29, 1.82) is 0 Å². The van der Waals surface area contributed by atoms with E-state index in [1.54, 1.807) is 53.6 Å². The Morgan fingerprint density at radius 3 is 2.15 bits per heavy atom. The predicted molar refractivity (Wildman–Crippen MR) is 224 cm³/mol. The molecule has 2 heterocycles. The highest BCUT2D eigenvalue weighted by Crippen LogP contribution is 2.52. The molecule has 0 saturated carbocycles. The van der Waals surface area contributed by atoms with Gasteiger partial charge in [-0.3, -0.25) is 9.59 Å². The minimum Gasteiger partial charge on any atom is -0.453 e. The van der Waals surface area contributed by atoms with Crippen LogP contribution in [0.15, 0.2) is 91.1 Å². The summed E-state index contributed by atoms with van der Waals surface area (Å²) in [6.45, 7) is 6.00. The number of rotatable bonds is 14. The lowest BCUT2D eigenvalue weighted by Gasteiger charge is -2.27. The third-order valence-electron chi connectivity index (χ3n) is 10.6. The van der Waals surface area contributed by atoms with Crippen molar-refractivity contribution < 1.29 is 37.4 Å². The van der Waals surface area contributed by atoms with E-state index in [1.807, 2.05) is 51.1 Å². The molecule has 5 N–H and O–H groups in total. The third kappa shape index (κ3) is 8.79. The zero-order valence-corrected chi connectivity index (χ0v) is 34.3. The molecule has 4 amide bonds. The Kier molecular flexibility index (Phi) is 12.2. The van der Waals surface area contributed by atoms with Crippen LogP contribution in [0.4, 0.5) is 18.4 Å². The second-order valence-electron chi connectivity index (χ2n) is 15.1. The number of fused-ring (bicyclic) bond motifs is 4. The zero-order chi connectivity index (χ0) is 43.4. The van der Waals surface area contributed by atoms with Crippen LogP contribution in [-0.2, 0) is 31.5 Å². The minimum absolute atomic E-state index is 0.0894. The first kappa shape index (κ1) is 42.0. The highest BCUT2D eigenvalue weighted by atomic mass is 19.3. The van der Waals surface area contributed by atoms with E-state index in [1.165, 1.54) is 26.4 Å². The fraction of sp³-hybridized carbons (Fsp3) is 0.289. The standard InChI is InChI=1S/C45H46F2N8O6/c1-6-18-55(42(57)40(54-44(59)61-5)26-10-8-7-9-11-26)24-37-50-34-17-14-28(21-35(34)51-37)27-12-15-30-31-16-13-29(20-33(31)45(46,47)32(30)19-27)36-22-48-41(52-36)39(25(2)3)53-38(56)23-49-43(58)60-4/h7-17,19-22,25,39-40H,6,18,23-24H2,1-5H3,(H,48,52)(H,49,58)(H,50,51)(H,53,56)(H,54,59)/t39?,40-/m1/s1. The number of carbonyl (C=O) groups excluding carboxylic acids is 4. The number of alkyl halides is 2. The van der Waals surface area contributed by atoms with Gasteiger partial charge in [0.05, 0.1) is 49.7 Å². The number of carbonyl (C=O) groups is 4.